The molecule has 2 aliphatic rings. The summed E-state index contributed by atoms with van der Waals surface area (Å²) in [5.74, 6) is -0.114. The minimum atomic E-state index is -1.36. The zero-order valence-corrected chi connectivity index (χ0v) is 9.06. The number of nitrogens with two attached hydrogens (primary N) is 1. The van der Waals surface area contributed by atoms with E-state index in [0.29, 0.717) is 0 Å². The number of nitrogens with zero attached hydrogens (tertiary/aromatic N) is 2. The SMILES string of the molecule is NC1N=C2N=CNC2(CCC(F)CO)C(=O)N1. The smallest absolute Gasteiger partial charge is 0.256 e. The summed E-state index contributed by atoms with van der Waals surface area (Å²) in [6, 6.07) is 0. The fourth-order valence-corrected chi connectivity index (χ4v) is 1.87. The number of fused-ring (bicyclic) bond motifs is 1. The second-order valence-electron chi connectivity index (χ2n) is 4.00. The van der Waals surface area contributed by atoms with Crippen LogP contribution in [-0.4, -0.2) is 47.8 Å². The number of amidine groups is 1. The predicted molar refractivity (Wildman–Crippen MR) is 59.1 cm³/mol. The zero-order valence-electron chi connectivity index (χ0n) is 9.06. The molecule has 0 fully saturated rings. The van der Waals surface area contributed by atoms with E-state index in [9.17, 15) is 9.18 Å². The van der Waals surface area contributed by atoms with Crippen molar-refractivity contribution in [2.75, 3.05) is 6.61 Å². The van der Waals surface area contributed by atoms with Gasteiger partial charge in [0.1, 0.15) is 6.17 Å². The highest BCUT2D eigenvalue weighted by molar-refractivity contribution is 6.19. The maximum Gasteiger partial charge on any atom is 0.256 e. The molecule has 8 heteroatoms. The van der Waals surface area contributed by atoms with E-state index in [1.54, 1.807) is 0 Å². The number of nitrogens with one attached hydrogen (secondary N) is 2. The number of aliphatic imine (C=N–C) groups is 2. The lowest BCUT2D eigenvalue weighted by Gasteiger charge is -2.33. The lowest BCUT2D eigenvalue weighted by atomic mass is 9.89. The van der Waals surface area contributed by atoms with Crippen LogP contribution in [-0.2, 0) is 4.79 Å². The van der Waals surface area contributed by atoms with Crippen LogP contribution in [0.4, 0.5) is 4.39 Å². The molecule has 1 amide bonds. The molecule has 0 saturated carbocycles. The monoisotopic (exact) mass is 243 g/mol. The van der Waals surface area contributed by atoms with E-state index in [-0.39, 0.29) is 24.6 Å². The quantitative estimate of drug-likeness (QED) is 0.468. The number of aliphatic hydroxyl groups excluding tert-OH is 1. The number of hydrogen-bond donors (Lipinski definition) is 4. The number of halogens is 1. The molecule has 0 aromatic heterocycles. The topological polar surface area (TPSA) is 112 Å². The average Bonchev–Trinajstić information content (AvgIpc) is 2.70. The van der Waals surface area contributed by atoms with Crippen LogP contribution in [0.5, 0.6) is 0 Å². The van der Waals surface area contributed by atoms with Crippen molar-refractivity contribution in [3.63, 3.8) is 0 Å². The van der Waals surface area contributed by atoms with Gasteiger partial charge in [-0.25, -0.2) is 14.4 Å². The Morgan fingerprint density at radius 2 is 2.47 bits per heavy atom. The maximum absolute atomic E-state index is 13.0. The molecule has 5 N–H and O–H groups in total. The largest absolute Gasteiger partial charge is 0.393 e. The van der Waals surface area contributed by atoms with Crippen LogP contribution in [0.2, 0.25) is 0 Å². The zero-order chi connectivity index (χ0) is 12.5. The van der Waals surface area contributed by atoms with Crippen LogP contribution in [0.25, 0.3) is 0 Å². The molecule has 17 heavy (non-hydrogen) atoms. The van der Waals surface area contributed by atoms with Crippen LogP contribution in [0, 0.1) is 0 Å². The standard InChI is InChI=1S/C9H14FN5O2/c10-5(3-16)1-2-9-6(12-4-13-9)14-8(11)15-7(9)17/h4-5,8,16H,1-3,11H2,(H,15,17)(H,12,13,14). The van der Waals surface area contributed by atoms with Gasteiger partial charge >= 0.3 is 0 Å². The van der Waals surface area contributed by atoms with Gasteiger partial charge in [-0.15, -0.1) is 0 Å². The van der Waals surface area contributed by atoms with Gasteiger partial charge in [0.05, 0.1) is 12.9 Å². The second-order valence-corrected chi connectivity index (χ2v) is 4.00. The Hall–Kier alpha value is -1.54. The van der Waals surface area contributed by atoms with Gasteiger partial charge in [-0.1, -0.05) is 0 Å². The highest BCUT2D eigenvalue weighted by Crippen LogP contribution is 2.24. The molecular weight excluding hydrogens is 229 g/mol. The average molecular weight is 243 g/mol. The summed E-state index contributed by atoms with van der Waals surface area (Å²) in [7, 11) is 0. The lowest BCUT2D eigenvalue weighted by molar-refractivity contribution is -0.126. The third-order valence-electron chi connectivity index (χ3n) is 2.84. The predicted octanol–water partition coefficient (Wildman–Crippen LogP) is -1.76. The molecular formula is C9H14FN5O2. The normalized spacial score (nSPS) is 32.5. The van der Waals surface area contributed by atoms with E-state index in [1.807, 2.05) is 0 Å². The van der Waals surface area contributed by atoms with Crippen molar-refractivity contribution in [1.82, 2.24) is 10.6 Å². The van der Waals surface area contributed by atoms with Crippen molar-refractivity contribution in [2.24, 2.45) is 15.7 Å². The molecule has 0 spiro atoms. The summed E-state index contributed by atoms with van der Waals surface area (Å²) in [6.45, 7) is -0.565. The van der Waals surface area contributed by atoms with Crippen molar-refractivity contribution >= 4 is 18.1 Å². The summed E-state index contributed by atoms with van der Waals surface area (Å²) in [4.78, 5) is 19.8. The second kappa shape index (κ2) is 4.38. The number of carbonyl (C=O) groups is 1. The summed E-state index contributed by atoms with van der Waals surface area (Å²) in [5, 5.41) is 13.9. The van der Waals surface area contributed by atoms with E-state index < -0.39 is 24.6 Å². The van der Waals surface area contributed by atoms with Crippen molar-refractivity contribution in [3.8, 4) is 0 Å². The van der Waals surface area contributed by atoms with Crippen molar-refractivity contribution in [3.05, 3.63) is 0 Å². The summed E-state index contributed by atoms with van der Waals surface area (Å²) in [6.07, 6.45) is -0.637. The summed E-state index contributed by atoms with van der Waals surface area (Å²) in [5.41, 5.74) is 4.34. The molecule has 94 valence electrons. The molecule has 7 nitrogen and oxygen atoms in total. The molecule has 0 aromatic carbocycles. The van der Waals surface area contributed by atoms with E-state index in [1.165, 1.54) is 6.34 Å². The van der Waals surface area contributed by atoms with Gasteiger partial charge in [0, 0.05) is 0 Å². The summed E-state index contributed by atoms with van der Waals surface area (Å²) < 4.78 is 13.0. The first kappa shape index (κ1) is 11.9. The third-order valence-corrected chi connectivity index (χ3v) is 2.84. The molecule has 2 aliphatic heterocycles. The Balaban J connectivity index is 2.16. The maximum atomic E-state index is 13.0. The van der Waals surface area contributed by atoms with E-state index in [2.05, 4.69) is 20.6 Å². The van der Waals surface area contributed by atoms with Crippen LogP contribution in [0.1, 0.15) is 12.8 Å². The van der Waals surface area contributed by atoms with Gasteiger partial charge in [0.2, 0.25) is 0 Å². The fraction of sp³-hybridized carbons (Fsp3) is 0.667. The Morgan fingerprint density at radius 3 is 3.18 bits per heavy atom. The first-order valence-corrected chi connectivity index (χ1v) is 5.28. The molecule has 0 radical (unpaired) electrons. The van der Waals surface area contributed by atoms with Crippen LogP contribution >= 0.6 is 0 Å². The number of hydrogen-bond acceptors (Lipinski definition) is 6. The minimum absolute atomic E-state index is 0.0362. The molecule has 3 unspecified atom stereocenters. The Kier molecular flexibility index (Phi) is 3.07. The van der Waals surface area contributed by atoms with E-state index in [4.69, 9.17) is 10.8 Å². The molecule has 0 aliphatic carbocycles. The lowest BCUT2D eigenvalue weighted by Crippen LogP contribution is -2.64. The van der Waals surface area contributed by atoms with E-state index in [0.717, 1.165) is 0 Å². The first-order valence-electron chi connectivity index (χ1n) is 5.28. The molecule has 0 bridgehead atoms. The van der Waals surface area contributed by atoms with Gasteiger partial charge in [-0.2, -0.15) is 0 Å². The Morgan fingerprint density at radius 1 is 1.71 bits per heavy atom. The van der Waals surface area contributed by atoms with E-state index >= 15 is 0 Å². The van der Waals surface area contributed by atoms with Gasteiger partial charge in [-0.3, -0.25) is 10.5 Å². The molecule has 3 atom stereocenters. The Labute approximate surface area is 97.0 Å². The van der Waals surface area contributed by atoms with Gasteiger partial charge in [0.15, 0.2) is 17.7 Å². The minimum Gasteiger partial charge on any atom is -0.393 e. The highest BCUT2D eigenvalue weighted by atomic mass is 19.1. The number of carbonyl (C=O) groups excluding carboxylic acids is 1. The van der Waals surface area contributed by atoms with Crippen LogP contribution in [0.3, 0.4) is 0 Å². The Bertz CT molecular complexity index is 386. The number of amides is 1. The molecule has 2 heterocycles. The van der Waals surface area contributed by atoms with Crippen LogP contribution < -0.4 is 16.4 Å². The van der Waals surface area contributed by atoms with Gasteiger partial charge in [-0.05, 0) is 12.8 Å². The van der Waals surface area contributed by atoms with Gasteiger partial charge < -0.3 is 15.7 Å². The summed E-state index contributed by atoms with van der Waals surface area (Å²) >= 11 is 0. The number of rotatable bonds is 4. The van der Waals surface area contributed by atoms with Gasteiger partial charge in [0.25, 0.3) is 5.91 Å². The molecule has 2 rings (SSSR count). The number of alkyl halides is 1. The van der Waals surface area contributed by atoms with Crippen molar-refractivity contribution in [2.45, 2.75) is 30.8 Å². The highest BCUT2D eigenvalue weighted by Gasteiger charge is 2.48. The first-order chi connectivity index (χ1) is 8.08. The van der Waals surface area contributed by atoms with Crippen molar-refractivity contribution < 1.29 is 14.3 Å². The number of aliphatic hydroxyl groups is 1. The fourth-order valence-electron chi connectivity index (χ4n) is 1.87. The van der Waals surface area contributed by atoms with Crippen LogP contribution in [0.15, 0.2) is 9.98 Å². The molecule has 0 saturated heterocycles. The third kappa shape index (κ3) is 2.01. The molecule has 0 aromatic rings. The van der Waals surface area contributed by atoms with Crippen molar-refractivity contribution in [1.29, 1.82) is 0 Å².